The van der Waals surface area contributed by atoms with E-state index in [1.807, 2.05) is 56.0 Å². The van der Waals surface area contributed by atoms with Crippen LogP contribution in [0, 0.1) is 0 Å². The number of ether oxygens (including phenoxy) is 2. The van der Waals surface area contributed by atoms with Gasteiger partial charge in [0.2, 0.25) is 5.88 Å². The van der Waals surface area contributed by atoms with E-state index in [4.69, 9.17) is 21.1 Å². The number of halogens is 1. The Kier molecular flexibility index (Phi) is 8.53. The fourth-order valence-electron chi connectivity index (χ4n) is 3.65. The largest absolute Gasteiger partial charge is 0.473 e. The van der Waals surface area contributed by atoms with E-state index < -0.39 is 17.8 Å². The first kappa shape index (κ1) is 25.2. The number of β-amino-alcohol motifs (C(OH)–C–C–N with tert-alkyl or cyclic N) is 1. The van der Waals surface area contributed by atoms with Crippen LogP contribution >= 0.6 is 11.6 Å². The Labute approximate surface area is 199 Å². The van der Waals surface area contributed by atoms with Gasteiger partial charge < -0.3 is 24.6 Å². The van der Waals surface area contributed by atoms with E-state index in [-0.39, 0.29) is 19.2 Å². The van der Waals surface area contributed by atoms with E-state index in [1.165, 1.54) is 6.20 Å². The molecule has 9 heteroatoms. The maximum Gasteiger partial charge on any atom is 0.410 e. The Hall–Kier alpha value is -2.39. The van der Waals surface area contributed by atoms with Gasteiger partial charge in [-0.2, -0.15) is 0 Å². The molecule has 2 aromatic rings. The van der Waals surface area contributed by atoms with Crippen molar-refractivity contribution in [3.8, 4) is 5.88 Å². The van der Waals surface area contributed by atoms with Gasteiger partial charge in [0.1, 0.15) is 12.2 Å². The number of pyridine rings is 1. The number of piperazine rings is 1. The number of nitrogens with zero attached hydrogens (tertiary/aromatic N) is 3. The monoisotopic (exact) mass is 477 g/mol. The maximum atomic E-state index is 12.4. The van der Waals surface area contributed by atoms with Crippen LogP contribution in [-0.4, -0.2) is 75.5 Å². The molecule has 0 saturated carbocycles. The fraction of sp³-hybridized carbons (Fsp3) is 0.500. The van der Waals surface area contributed by atoms with Crippen LogP contribution in [0.4, 0.5) is 4.79 Å². The van der Waals surface area contributed by atoms with E-state index in [0.29, 0.717) is 42.7 Å². The first-order valence-corrected chi connectivity index (χ1v) is 11.4. The summed E-state index contributed by atoms with van der Waals surface area (Å²) in [6, 6.07) is 11.0. The summed E-state index contributed by atoms with van der Waals surface area (Å²) in [4.78, 5) is 20.2. The molecule has 0 spiro atoms. The molecule has 1 amide bonds. The van der Waals surface area contributed by atoms with Crippen molar-refractivity contribution in [2.75, 3.05) is 32.8 Å². The summed E-state index contributed by atoms with van der Waals surface area (Å²) in [5.74, 6) is 0.309. The van der Waals surface area contributed by atoms with Gasteiger partial charge in [0, 0.05) is 37.9 Å². The van der Waals surface area contributed by atoms with E-state index in [9.17, 15) is 15.0 Å². The number of carbonyl (C=O) groups is 1. The summed E-state index contributed by atoms with van der Waals surface area (Å²) in [5.41, 5.74) is 0.868. The van der Waals surface area contributed by atoms with Gasteiger partial charge in [0.15, 0.2) is 0 Å². The lowest BCUT2D eigenvalue weighted by Crippen LogP contribution is -2.57. The first-order valence-electron chi connectivity index (χ1n) is 11.0. The molecule has 1 fully saturated rings. The number of aromatic nitrogens is 1. The number of hydrogen-bond donors (Lipinski definition) is 2. The number of rotatable bonds is 7. The molecule has 2 heterocycles. The zero-order valence-electron chi connectivity index (χ0n) is 19.3. The lowest BCUT2D eigenvalue weighted by molar-refractivity contribution is -0.0150. The highest BCUT2D eigenvalue weighted by atomic mass is 35.5. The molecule has 8 nitrogen and oxygen atoms in total. The summed E-state index contributed by atoms with van der Waals surface area (Å²) in [5, 5.41) is 21.3. The van der Waals surface area contributed by atoms with Crippen LogP contribution in [0.25, 0.3) is 0 Å². The van der Waals surface area contributed by atoms with E-state index in [0.717, 1.165) is 5.56 Å². The van der Waals surface area contributed by atoms with Gasteiger partial charge in [-0.3, -0.25) is 4.90 Å². The van der Waals surface area contributed by atoms with Crippen LogP contribution < -0.4 is 4.74 Å². The SMILES string of the molecule is CC(C)(C)OC(=O)N1CCN(CC(O)c2cc(Cl)cnc2OCc2ccccc2)[C@H](CO)C1. The number of hydrogen-bond acceptors (Lipinski definition) is 7. The predicted molar refractivity (Wildman–Crippen MR) is 125 cm³/mol. The Bertz CT molecular complexity index is 922. The van der Waals surface area contributed by atoms with Crippen molar-refractivity contribution < 1.29 is 24.5 Å². The Morgan fingerprint density at radius 1 is 1.27 bits per heavy atom. The van der Waals surface area contributed by atoms with E-state index >= 15 is 0 Å². The smallest absolute Gasteiger partial charge is 0.410 e. The second-order valence-electron chi connectivity index (χ2n) is 9.10. The molecule has 1 saturated heterocycles. The summed E-state index contributed by atoms with van der Waals surface area (Å²) in [6.45, 7) is 7.06. The Morgan fingerprint density at radius 3 is 2.67 bits per heavy atom. The standard InChI is InChI=1S/C24H32ClN3O5/c1-24(2,3)33-23(31)28-10-9-27(19(13-28)15-29)14-21(30)20-11-18(25)12-26-22(20)32-16-17-7-5-4-6-8-17/h4-8,11-12,19,21,29-30H,9-10,13-16H2,1-3H3/t19-,21?/m0/s1. The third-order valence-electron chi connectivity index (χ3n) is 5.30. The predicted octanol–water partition coefficient (Wildman–Crippen LogP) is 3.26. The molecule has 0 radical (unpaired) electrons. The van der Waals surface area contributed by atoms with E-state index in [2.05, 4.69) is 4.98 Å². The number of benzene rings is 1. The Morgan fingerprint density at radius 2 is 2.00 bits per heavy atom. The van der Waals surface area contributed by atoms with Gasteiger partial charge in [-0.1, -0.05) is 41.9 Å². The molecular formula is C24H32ClN3O5. The molecule has 2 atom stereocenters. The molecule has 1 aliphatic rings. The Balaban J connectivity index is 1.66. The molecule has 1 unspecified atom stereocenters. The summed E-state index contributed by atoms with van der Waals surface area (Å²) >= 11 is 6.14. The van der Waals surface area contributed by atoms with Crippen LogP contribution in [0.2, 0.25) is 5.02 Å². The number of aliphatic hydroxyl groups excluding tert-OH is 2. The molecule has 1 aliphatic heterocycles. The van der Waals surface area contributed by atoms with Crippen molar-refractivity contribution in [3.63, 3.8) is 0 Å². The highest BCUT2D eigenvalue weighted by Gasteiger charge is 2.33. The van der Waals surface area contributed by atoms with Crippen LogP contribution in [-0.2, 0) is 11.3 Å². The number of aliphatic hydroxyl groups is 2. The molecule has 2 N–H and O–H groups in total. The number of carbonyl (C=O) groups excluding carboxylic acids is 1. The van der Waals surface area contributed by atoms with Crippen LogP contribution in [0.3, 0.4) is 0 Å². The topological polar surface area (TPSA) is 95.4 Å². The third-order valence-corrected chi connectivity index (χ3v) is 5.50. The van der Waals surface area contributed by atoms with Crippen LogP contribution in [0.5, 0.6) is 5.88 Å². The molecule has 0 aliphatic carbocycles. The normalized spacial score (nSPS) is 18.1. The first-order chi connectivity index (χ1) is 15.7. The molecular weight excluding hydrogens is 446 g/mol. The average molecular weight is 478 g/mol. The van der Waals surface area contributed by atoms with Crippen molar-refractivity contribution in [2.24, 2.45) is 0 Å². The minimum atomic E-state index is -0.941. The molecule has 0 bridgehead atoms. The van der Waals surface area contributed by atoms with Gasteiger partial charge in [0.25, 0.3) is 0 Å². The summed E-state index contributed by atoms with van der Waals surface area (Å²) in [6.07, 6.45) is 0.134. The molecule has 1 aromatic heterocycles. The van der Waals surface area contributed by atoms with Gasteiger partial charge >= 0.3 is 6.09 Å². The maximum absolute atomic E-state index is 12.4. The molecule has 180 valence electrons. The fourth-order valence-corrected chi connectivity index (χ4v) is 3.81. The van der Waals surface area contributed by atoms with Crippen molar-refractivity contribution in [1.29, 1.82) is 0 Å². The quantitative estimate of drug-likeness (QED) is 0.631. The third kappa shape index (κ3) is 7.30. The van der Waals surface area contributed by atoms with Crippen molar-refractivity contribution in [1.82, 2.24) is 14.8 Å². The average Bonchev–Trinajstić information content (AvgIpc) is 2.78. The molecule has 33 heavy (non-hydrogen) atoms. The van der Waals surface area contributed by atoms with Crippen LogP contribution in [0.15, 0.2) is 42.6 Å². The highest BCUT2D eigenvalue weighted by Crippen LogP contribution is 2.28. The van der Waals surface area contributed by atoms with Crippen molar-refractivity contribution >= 4 is 17.7 Å². The highest BCUT2D eigenvalue weighted by molar-refractivity contribution is 6.30. The lowest BCUT2D eigenvalue weighted by Gasteiger charge is -2.41. The lowest BCUT2D eigenvalue weighted by atomic mass is 10.1. The molecule has 1 aromatic carbocycles. The summed E-state index contributed by atoms with van der Waals surface area (Å²) < 4.78 is 11.3. The van der Waals surface area contributed by atoms with E-state index in [1.54, 1.807) is 11.0 Å². The number of amides is 1. The van der Waals surface area contributed by atoms with Gasteiger partial charge in [-0.25, -0.2) is 9.78 Å². The zero-order chi connectivity index (χ0) is 24.0. The van der Waals surface area contributed by atoms with Crippen molar-refractivity contribution in [3.05, 3.63) is 58.7 Å². The second-order valence-corrected chi connectivity index (χ2v) is 9.53. The minimum absolute atomic E-state index is 0.156. The van der Waals surface area contributed by atoms with Gasteiger partial charge in [-0.05, 0) is 32.4 Å². The van der Waals surface area contributed by atoms with Crippen molar-refractivity contribution in [2.45, 2.75) is 45.1 Å². The minimum Gasteiger partial charge on any atom is -0.473 e. The van der Waals surface area contributed by atoms with Crippen LogP contribution in [0.1, 0.15) is 38.0 Å². The van der Waals surface area contributed by atoms with Gasteiger partial charge in [-0.15, -0.1) is 0 Å². The molecule has 3 rings (SSSR count). The zero-order valence-corrected chi connectivity index (χ0v) is 20.0. The van der Waals surface area contributed by atoms with Gasteiger partial charge in [0.05, 0.1) is 23.8 Å². The summed E-state index contributed by atoms with van der Waals surface area (Å²) in [7, 11) is 0. The second kappa shape index (κ2) is 11.2.